The summed E-state index contributed by atoms with van der Waals surface area (Å²) in [6.45, 7) is 0.387. The molecule has 0 atom stereocenters. The monoisotopic (exact) mass is 382 g/mol. The number of rotatable bonds is 5. The molecule has 0 unspecified atom stereocenters. The van der Waals surface area contributed by atoms with Crippen LogP contribution in [0, 0.1) is 0 Å². The minimum absolute atomic E-state index is 0.177. The molecule has 0 aliphatic carbocycles. The summed E-state index contributed by atoms with van der Waals surface area (Å²) in [5, 5.41) is 6.01. The second-order valence-electron chi connectivity index (χ2n) is 5.07. The summed E-state index contributed by atoms with van der Waals surface area (Å²) in [4.78, 5) is 20.6. The first-order valence-corrected chi connectivity index (χ1v) is 8.17. The van der Waals surface area contributed by atoms with E-state index >= 15 is 0 Å². The minimum atomic E-state index is -0.177. The average molecular weight is 383 g/mol. The van der Waals surface area contributed by atoms with Gasteiger partial charge in [-0.2, -0.15) is 0 Å². The summed E-state index contributed by atoms with van der Waals surface area (Å²) in [6.07, 6.45) is 3.25. The third kappa shape index (κ3) is 4.39. The minimum Gasteiger partial charge on any atom is -0.346 e. The molecule has 0 radical (unpaired) electrons. The maximum atomic E-state index is 12.1. The molecule has 3 aromatic rings. The van der Waals surface area contributed by atoms with Crippen LogP contribution < -0.4 is 10.6 Å². The van der Waals surface area contributed by atoms with Gasteiger partial charge in [0, 0.05) is 22.6 Å². The van der Waals surface area contributed by atoms with Crippen LogP contribution in [-0.4, -0.2) is 15.9 Å². The van der Waals surface area contributed by atoms with Crippen molar-refractivity contribution in [3.63, 3.8) is 0 Å². The smallest absolute Gasteiger partial charge is 0.253 e. The number of amides is 1. The molecule has 0 saturated heterocycles. The fourth-order valence-electron chi connectivity index (χ4n) is 2.06. The standard InChI is InChI=1S/C18H15BrN4O/c19-14-5-7-15(8-6-14)23-17-9-4-13(11-21-17)18(24)22-12-16-3-1-2-10-20-16/h1-11H,12H2,(H,21,23)(H,22,24). The molecule has 0 fully saturated rings. The molecule has 2 N–H and O–H groups in total. The molecule has 120 valence electrons. The molecule has 6 heteroatoms. The molecule has 3 rings (SSSR count). The highest BCUT2D eigenvalue weighted by molar-refractivity contribution is 9.10. The zero-order chi connectivity index (χ0) is 16.8. The van der Waals surface area contributed by atoms with Crippen LogP contribution in [-0.2, 0) is 6.54 Å². The molecule has 2 aromatic heterocycles. The number of carbonyl (C=O) groups is 1. The van der Waals surface area contributed by atoms with Gasteiger partial charge in [0.05, 0.1) is 17.8 Å². The maximum Gasteiger partial charge on any atom is 0.253 e. The largest absolute Gasteiger partial charge is 0.346 e. The van der Waals surface area contributed by atoms with Crippen LogP contribution in [0.2, 0.25) is 0 Å². The number of nitrogens with zero attached hydrogens (tertiary/aromatic N) is 2. The van der Waals surface area contributed by atoms with E-state index < -0.39 is 0 Å². The van der Waals surface area contributed by atoms with Crippen LogP contribution in [0.4, 0.5) is 11.5 Å². The molecular weight excluding hydrogens is 368 g/mol. The number of aromatic nitrogens is 2. The van der Waals surface area contributed by atoms with E-state index in [2.05, 4.69) is 36.5 Å². The van der Waals surface area contributed by atoms with Crippen molar-refractivity contribution in [2.75, 3.05) is 5.32 Å². The van der Waals surface area contributed by atoms with Gasteiger partial charge < -0.3 is 10.6 Å². The molecular formula is C18H15BrN4O. The van der Waals surface area contributed by atoms with Gasteiger partial charge in [-0.3, -0.25) is 9.78 Å². The summed E-state index contributed by atoms with van der Waals surface area (Å²) in [6, 6.07) is 16.9. The number of hydrogen-bond donors (Lipinski definition) is 2. The normalized spacial score (nSPS) is 10.2. The van der Waals surface area contributed by atoms with Crippen molar-refractivity contribution in [1.82, 2.24) is 15.3 Å². The van der Waals surface area contributed by atoms with Gasteiger partial charge >= 0.3 is 0 Å². The molecule has 0 aliphatic heterocycles. The van der Waals surface area contributed by atoms with Crippen molar-refractivity contribution >= 4 is 33.3 Å². The number of benzene rings is 1. The van der Waals surface area contributed by atoms with Crippen molar-refractivity contribution in [1.29, 1.82) is 0 Å². The van der Waals surface area contributed by atoms with Crippen LogP contribution >= 0.6 is 15.9 Å². The first-order chi connectivity index (χ1) is 11.7. The van der Waals surface area contributed by atoms with Crippen molar-refractivity contribution in [3.05, 3.63) is 82.7 Å². The maximum absolute atomic E-state index is 12.1. The summed E-state index contributed by atoms with van der Waals surface area (Å²) >= 11 is 3.40. The van der Waals surface area contributed by atoms with Gasteiger partial charge in [0.15, 0.2) is 0 Å². The van der Waals surface area contributed by atoms with E-state index in [1.807, 2.05) is 42.5 Å². The second kappa shape index (κ2) is 7.70. The Hall–Kier alpha value is -2.73. The second-order valence-corrected chi connectivity index (χ2v) is 5.98. The lowest BCUT2D eigenvalue weighted by molar-refractivity contribution is 0.0950. The van der Waals surface area contributed by atoms with Crippen LogP contribution in [0.3, 0.4) is 0 Å². The van der Waals surface area contributed by atoms with Crippen molar-refractivity contribution in [2.45, 2.75) is 6.54 Å². The van der Waals surface area contributed by atoms with Crippen LogP contribution in [0.25, 0.3) is 0 Å². The van der Waals surface area contributed by atoms with Gasteiger partial charge in [-0.05, 0) is 48.5 Å². The number of hydrogen-bond acceptors (Lipinski definition) is 4. The molecule has 1 aromatic carbocycles. The molecule has 0 bridgehead atoms. The molecule has 0 saturated carbocycles. The number of anilines is 2. The molecule has 2 heterocycles. The lowest BCUT2D eigenvalue weighted by Gasteiger charge is -2.07. The highest BCUT2D eigenvalue weighted by Crippen LogP contribution is 2.18. The number of nitrogens with one attached hydrogen (secondary N) is 2. The summed E-state index contributed by atoms with van der Waals surface area (Å²) in [5.74, 6) is 0.502. The van der Waals surface area contributed by atoms with Gasteiger partial charge in [-0.25, -0.2) is 4.98 Å². The number of carbonyl (C=O) groups excluding carboxylic acids is 1. The number of halogens is 1. The zero-order valence-corrected chi connectivity index (χ0v) is 14.3. The SMILES string of the molecule is O=C(NCc1ccccn1)c1ccc(Nc2ccc(Br)cc2)nc1. The van der Waals surface area contributed by atoms with E-state index in [4.69, 9.17) is 0 Å². The fourth-order valence-corrected chi connectivity index (χ4v) is 2.32. The Morgan fingerprint density at radius 3 is 2.50 bits per heavy atom. The van der Waals surface area contributed by atoms with Crippen molar-refractivity contribution in [3.8, 4) is 0 Å². The van der Waals surface area contributed by atoms with Gasteiger partial charge in [0.1, 0.15) is 5.82 Å². The Balaban J connectivity index is 1.59. The molecule has 5 nitrogen and oxygen atoms in total. The van der Waals surface area contributed by atoms with E-state index in [1.54, 1.807) is 24.5 Å². The Morgan fingerprint density at radius 2 is 1.83 bits per heavy atom. The first kappa shape index (κ1) is 16.1. The molecule has 0 spiro atoms. The number of pyridine rings is 2. The van der Waals surface area contributed by atoms with Crippen LogP contribution in [0.15, 0.2) is 71.5 Å². The van der Waals surface area contributed by atoms with Crippen LogP contribution in [0.1, 0.15) is 16.1 Å². The predicted molar refractivity (Wildman–Crippen MR) is 97.1 cm³/mol. The molecule has 24 heavy (non-hydrogen) atoms. The third-order valence-electron chi connectivity index (χ3n) is 3.30. The van der Waals surface area contributed by atoms with Crippen molar-refractivity contribution < 1.29 is 4.79 Å². The Morgan fingerprint density at radius 1 is 1.00 bits per heavy atom. The summed E-state index contributed by atoms with van der Waals surface area (Å²) < 4.78 is 1.01. The van der Waals surface area contributed by atoms with Crippen LogP contribution in [0.5, 0.6) is 0 Å². The quantitative estimate of drug-likeness (QED) is 0.701. The van der Waals surface area contributed by atoms with Gasteiger partial charge in [-0.1, -0.05) is 22.0 Å². The van der Waals surface area contributed by atoms with Crippen molar-refractivity contribution in [2.24, 2.45) is 0 Å². The molecule has 1 amide bonds. The fraction of sp³-hybridized carbons (Fsp3) is 0.0556. The van der Waals surface area contributed by atoms with E-state index in [-0.39, 0.29) is 5.91 Å². The highest BCUT2D eigenvalue weighted by Gasteiger charge is 2.06. The first-order valence-electron chi connectivity index (χ1n) is 7.37. The summed E-state index contributed by atoms with van der Waals surface area (Å²) in [7, 11) is 0. The summed E-state index contributed by atoms with van der Waals surface area (Å²) in [5.41, 5.74) is 2.25. The van der Waals surface area contributed by atoms with E-state index in [0.717, 1.165) is 15.9 Å². The van der Waals surface area contributed by atoms with Gasteiger partial charge in [0.2, 0.25) is 0 Å². The zero-order valence-electron chi connectivity index (χ0n) is 12.7. The third-order valence-corrected chi connectivity index (χ3v) is 3.83. The lowest BCUT2D eigenvalue weighted by Crippen LogP contribution is -2.23. The Bertz CT molecular complexity index is 805. The average Bonchev–Trinajstić information content (AvgIpc) is 2.63. The molecule has 0 aliphatic rings. The van der Waals surface area contributed by atoms with E-state index in [0.29, 0.717) is 17.9 Å². The Kier molecular flexibility index (Phi) is 5.18. The lowest BCUT2D eigenvalue weighted by atomic mass is 10.2. The van der Waals surface area contributed by atoms with E-state index in [1.165, 1.54) is 0 Å². The highest BCUT2D eigenvalue weighted by atomic mass is 79.9. The Labute approximate surface area is 148 Å². The van der Waals surface area contributed by atoms with Gasteiger partial charge in [0.25, 0.3) is 5.91 Å². The topological polar surface area (TPSA) is 66.9 Å². The predicted octanol–water partition coefficient (Wildman–Crippen LogP) is 3.91. The van der Waals surface area contributed by atoms with Gasteiger partial charge in [-0.15, -0.1) is 0 Å². The van der Waals surface area contributed by atoms with E-state index in [9.17, 15) is 4.79 Å².